The van der Waals surface area contributed by atoms with E-state index in [-0.39, 0.29) is 11.4 Å². The van der Waals surface area contributed by atoms with Crippen LogP contribution in [0, 0.1) is 6.92 Å². The zero-order valence-corrected chi connectivity index (χ0v) is 18.7. The van der Waals surface area contributed by atoms with Gasteiger partial charge in [0.25, 0.3) is 17.0 Å². The molecule has 4 aromatic rings. The number of hydrogen-bond acceptors (Lipinski definition) is 5. The molecule has 2 heterocycles. The molecule has 0 bridgehead atoms. The van der Waals surface area contributed by atoms with Crippen LogP contribution >= 0.6 is 15.9 Å². The number of anilines is 1. The first-order valence-corrected chi connectivity index (χ1v) is 10.3. The van der Waals surface area contributed by atoms with Gasteiger partial charge in [-0.1, -0.05) is 34.1 Å². The highest BCUT2D eigenvalue weighted by molar-refractivity contribution is 9.10. The number of nitrogens with zero attached hydrogens (tertiary/aromatic N) is 4. The Kier molecular flexibility index (Phi) is 5.54. The van der Waals surface area contributed by atoms with Gasteiger partial charge >= 0.3 is 0 Å². The van der Waals surface area contributed by atoms with Crippen molar-refractivity contribution in [3.8, 4) is 17.1 Å². The quantitative estimate of drug-likeness (QED) is 0.452. The van der Waals surface area contributed by atoms with Crippen LogP contribution in [0.15, 0.2) is 74.7 Å². The Morgan fingerprint density at radius 1 is 1.03 bits per heavy atom. The van der Waals surface area contributed by atoms with Crippen LogP contribution in [-0.4, -0.2) is 30.2 Å². The Balaban J connectivity index is 1.74. The number of nitrogens with one attached hydrogen (secondary N) is 1. The van der Waals surface area contributed by atoms with E-state index in [9.17, 15) is 19.5 Å². The molecule has 0 saturated carbocycles. The van der Waals surface area contributed by atoms with Crippen LogP contribution < -0.4 is 16.4 Å². The Labute approximate surface area is 190 Å². The van der Waals surface area contributed by atoms with Crippen LogP contribution in [0.4, 0.5) is 5.69 Å². The fraction of sp³-hybridized carbons (Fsp3) is 0.0909. The minimum absolute atomic E-state index is 0.0453. The molecule has 10 heteroatoms. The lowest BCUT2D eigenvalue weighted by Gasteiger charge is -2.09. The second kappa shape index (κ2) is 8.31. The molecule has 0 aliphatic heterocycles. The maximum absolute atomic E-state index is 13.0. The van der Waals surface area contributed by atoms with Crippen molar-refractivity contribution in [1.29, 1.82) is 0 Å². The molecule has 0 aliphatic rings. The molecule has 2 aromatic carbocycles. The molecule has 0 aliphatic carbocycles. The predicted octanol–water partition coefficient (Wildman–Crippen LogP) is 2.75. The summed E-state index contributed by atoms with van der Waals surface area (Å²) < 4.78 is 4.84. The zero-order chi connectivity index (χ0) is 23.0. The maximum atomic E-state index is 13.0. The highest BCUT2D eigenvalue weighted by Gasteiger charge is 2.22. The first kappa shape index (κ1) is 21.3. The standard InChI is InChI=1S/C22H18BrN5O4/c1-13-19(22(32)28(26(13)2)16-6-4-3-5-7-16)24-21(31)20-17(29)12-18(30)27(25-20)15-10-8-14(23)9-11-15/h3-12,29H,1-2H3,(H,24,31). The summed E-state index contributed by atoms with van der Waals surface area (Å²) in [6, 6.07) is 16.6. The van der Waals surface area contributed by atoms with E-state index in [1.54, 1.807) is 67.2 Å². The lowest BCUT2D eigenvalue weighted by molar-refractivity contribution is 0.101. The third-order valence-electron chi connectivity index (χ3n) is 4.99. The van der Waals surface area contributed by atoms with Crippen molar-refractivity contribution in [2.24, 2.45) is 7.05 Å². The van der Waals surface area contributed by atoms with Gasteiger partial charge in [-0.3, -0.25) is 19.1 Å². The van der Waals surface area contributed by atoms with Gasteiger partial charge in [-0.25, -0.2) is 4.68 Å². The van der Waals surface area contributed by atoms with Crippen LogP contribution in [-0.2, 0) is 7.05 Å². The first-order chi connectivity index (χ1) is 15.3. The van der Waals surface area contributed by atoms with Crippen LogP contribution in [0.5, 0.6) is 5.75 Å². The average Bonchev–Trinajstić information content (AvgIpc) is 2.98. The molecule has 1 amide bonds. The summed E-state index contributed by atoms with van der Waals surface area (Å²) in [5.74, 6) is -1.41. The number of carbonyl (C=O) groups excluding carboxylic acids is 1. The van der Waals surface area contributed by atoms with Crippen molar-refractivity contribution >= 4 is 27.5 Å². The molecule has 0 atom stereocenters. The third kappa shape index (κ3) is 3.76. The van der Waals surface area contributed by atoms with Crippen molar-refractivity contribution in [2.75, 3.05) is 5.32 Å². The fourth-order valence-electron chi connectivity index (χ4n) is 3.26. The largest absolute Gasteiger partial charge is 0.505 e. The summed E-state index contributed by atoms with van der Waals surface area (Å²) in [5.41, 5.74) is 0.162. The molecule has 0 unspecified atom stereocenters. The Hall–Kier alpha value is -3.92. The fourth-order valence-corrected chi connectivity index (χ4v) is 3.53. The molecule has 2 aromatic heterocycles. The van der Waals surface area contributed by atoms with E-state index < -0.39 is 22.8 Å². The number of aromatic hydroxyl groups is 1. The van der Waals surface area contributed by atoms with Gasteiger partial charge in [0.2, 0.25) is 0 Å². The van der Waals surface area contributed by atoms with Gasteiger partial charge in [-0.05, 0) is 43.3 Å². The summed E-state index contributed by atoms with van der Waals surface area (Å²) in [5, 5.41) is 16.8. The van der Waals surface area contributed by atoms with Gasteiger partial charge in [-0.2, -0.15) is 9.78 Å². The molecule has 0 fully saturated rings. The normalized spacial score (nSPS) is 10.8. The van der Waals surface area contributed by atoms with E-state index in [0.29, 0.717) is 17.1 Å². The molecular weight excluding hydrogens is 478 g/mol. The molecule has 0 saturated heterocycles. The molecule has 162 valence electrons. The molecule has 32 heavy (non-hydrogen) atoms. The molecule has 9 nitrogen and oxygen atoms in total. The van der Waals surface area contributed by atoms with Crippen molar-refractivity contribution in [2.45, 2.75) is 6.92 Å². The van der Waals surface area contributed by atoms with Gasteiger partial charge in [0.15, 0.2) is 11.4 Å². The highest BCUT2D eigenvalue weighted by atomic mass is 79.9. The average molecular weight is 496 g/mol. The molecule has 2 N–H and O–H groups in total. The van der Waals surface area contributed by atoms with Gasteiger partial charge in [0, 0.05) is 17.6 Å². The zero-order valence-electron chi connectivity index (χ0n) is 17.1. The molecular formula is C22H18BrN5O4. The smallest absolute Gasteiger partial charge is 0.295 e. The van der Waals surface area contributed by atoms with E-state index >= 15 is 0 Å². The van der Waals surface area contributed by atoms with Gasteiger partial charge in [0.05, 0.1) is 17.1 Å². The van der Waals surface area contributed by atoms with E-state index in [4.69, 9.17) is 0 Å². The van der Waals surface area contributed by atoms with Gasteiger partial charge in [-0.15, -0.1) is 0 Å². The second-order valence-electron chi connectivity index (χ2n) is 7.00. The Bertz CT molecular complexity index is 1440. The van der Waals surface area contributed by atoms with E-state index in [2.05, 4.69) is 26.3 Å². The number of para-hydroxylation sites is 1. The van der Waals surface area contributed by atoms with Gasteiger partial charge < -0.3 is 10.4 Å². The number of carbonyl (C=O) groups is 1. The summed E-state index contributed by atoms with van der Waals surface area (Å²) in [4.78, 5) is 38.3. The number of rotatable bonds is 4. The maximum Gasteiger partial charge on any atom is 0.295 e. The molecule has 4 rings (SSSR count). The van der Waals surface area contributed by atoms with Gasteiger partial charge in [0.1, 0.15) is 5.69 Å². The number of benzene rings is 2. The molecule has 0 radical (unpaired) electrons. The lowest BCUT2D eigenvalue weighted by atomic mass is 10.3. The van der Waals surface area contributed by atoms with E-state index in [0.717, 1.165) is 15.2 Å². The van der Waals surface area contributed by atoms with Crippen LogP contribution in [0.3, 0.4) is 0 Å². The minimum atomic E-state index is -0.820. The van der Waals surface area contributed by atoms with Crippen LogP contribution in [0.2, 0.25) is 0 Å². The predicted molar refractivity (Wildman–Crippen MR) is 123 cm³/mol. The molecule has 0 spiro atoms. The van der Waals surface area contributed by atoms with Crippen LogP contribution in [0.1, 0.15) is 16.2 Å². The van der Waals surface area contributed by atoms with Crippen LogP contribution in [0.25, 0.3) is 11.4 Å². The Morgan fingerprint density at radius 2 is 1.69 bits per heavy atom. The topological polar surface area (TPSA) is 111 Å². The number of halogens is 1. The summed E-state index contributed by atoms with van der Waals surface area (Å²) in [6.07, 6.45) is 0. The van der Waals surface area contributed by atoms with Crippen molar-refractivity contribution in [3.63, 3.8) is 0 Å². The lowest BCUT2D eigenvalue weighted by Crippen LogP contribution is -2.27. The first-order valence-electron chi connectivity index (χ1n) is 9.52. The van der Waals surface area contributed by atoms with Crippen molar-refractivity contribution in [1.82, 2.24) is 19.1 Å². The van der Waals surface area contributed by atoms with Crippen molar-refractivity contribution in [3.05, 3.63) is 97.2 Å². The summed E-state index contributed by atoms with van der Waals surface area (Å²) >= 11 is 3.32. The minimum Gasteiger partial charge on any atom is -0.505 e. The Morgan fingerprint density at radius 3 is 2.34 bits per heavy atom. The highest BCUT2D eigenvalue weighted by Crippen LogP contribution is 2.18. The monoisotopic (exact) mass is 495 g/mol. The summed E-state index contributed by atoms with van der Waals surface area (Å²) in [7, 11) is 1.70. The van der Waals surface area contributed by atoms with E-state index in [1.807, 2.05) is 6.07 Å². The number of hydrogen-bond donors (Lipinski definition) is 2. The second-order valence-corrected chi connectivity index (χ2v) is 7.91. The van der Waals surface area contributed by atoms with Crippen molar-refractivity contribution < 1.29 is 9.90 Å². The number of amides is 1. The van der Waals surface area contributed by atoms with E-state index in [1.165, 1.54) is 4.68 Å². The summed E-state index contributed by atoms with van der Waals surface area (Å²) in [6.45, 7) is 1.69. The SMILES string of the molecule is Cc1c(NC(=O)c2nn(-c3ccc(Br)cc3)c(=O)cc2O)c(=O)n(-c2ccccc2)n1C. The third-order valence-corrected chi connectivity index (χ3v) is 5.52. The number of aromatic nitrogens is 4.